The highest BCUT2D eigenvalue weighted by atomic mass is 32.1. The number of nitrogens with zero attached hydrogens (tertiary/aromatic N) is 3. The van der Waals surface area contributed by atoms with Gasteiger partial charge in [-0.05, 0) is 12.1 Å². The maximum Gasteiger partial charge on any atom is 0.291 e. The molecule has 0 radical (unpaired) electrons. The molecule has 2 heterocycles. The molecule has 0 aliphatic carbocycles. The van der Waals surface area contributed by atoms with Crippen molar-refractivity contribution in [2.75, 3.05) is 6.61 Å². The lowest BCUT2D eigenvalue weighted by atomic mass is 10.2. The molecule has 0 N–H and O–H groups in total. The fraction of sp³-hybridized carbons (Fsp3) is 0.0500. The first-order valence-corrected chi connectivity index (χ1v) is 8.87. The zero-order valence-electron chi connectivity index (χ0n) is 13.8. The molecule has 0 amide bonds. The van der Waals surface area contributed by atoms with Crippen molar-refractivity contribution < 1.29 is 4.74 Å². The van der Waals surface area contributed by atoms with E-state index < -0.39 is 0 Å². The van der Waals surface area contributed by atoms with Gasteiger partial charge in [-0.15, -0.1) is 5.10 Å². The highest BCUT2D eigenvalue weighted by Gasteiger charge is 2.12. The topological polar surface area (TPSA) is 56.5 Å². The number of fused-ring (bicyclic) bond motifs is 1. The Morgan fingerprint density at radius 3 is 2.65 bits per heavy atom. The Bertz CT molecular complexity index is 1180. The Morgan fingerprint density at radius 1 is 1.12 bits per heavy atom. The highest BCUT2D eigenvalue weighted by molar-refractivity contribution is 7.15. The van der Waals surface area contributed by atoms with Crippen molar-refractivity contribution in [1.29, 1.82) is 0 Å². The molecular weight excluding hydrogens is 346 g/mol. The Balaban J connectivity index is 1.78. The fourth-order valence-electron chi connectivity index (χ4n) is 2.56. The Morgan fingerprint density at radius 2 is 1.88 bits per heavy atom. The van der Waals surface area contributed by atoms with Gasteiger partial charge in [0.1, 0.15) is 12.4 Å². The summed E-state index contributed by atoms with van der Waals surface area (Å²) in [7, 11) is 0. The molecule has 6 heteroatoms. The molecule has 0 spiro atoms. The smallest absolute Gasteiger partial charge is 0.291 e. The van der Waals surface area contributed by atoms with E-state index in [1.165, 1.54) is 15.9 Å². The lowest BCUT2D eigenvalue weighted by Crippen LogP contribution is -2.23. The van der Waals surface area contributed by atoms with Crippen LogP contribution in [0.1, 0.15) is 5.56 Å². The maximum atomic E-state index is 12.7. The number of ether oxygens (including phenoxy) is 1. The second-order valence-corrected chi connectivity index (χ2v) is 6.56. The van der Waals surface area contributed by atoms with Crippen LogP contribution in [-0.2, 0) is 0 Å². The summed E-state index contributed by atoms with van der Waals surface area (Å²) >= 11 is 1.31. The van der Waals surface area contributed by atoms with Crippen molar-refractivity contribution in [3.63, 3.8) is 0 Å². The predicted molar refractivity (Wildman–Crippen MR) is 103 cm³/mol. The van der Waals surface area contributed by atoms with Gasteiger partial charge in [0, 0.05) is 11.1 Å². The zero-order valence-corrected chi connectivity index (χ0v) is 14.6. The second-order valence-electron chi connectivity index (χ2n) is 5.55. The third kappa shape index (κ3) is 3.02. The van der Waals surface area contributed by atoms with E-state index in [-0.39, 0.29) is 5.56 Å². The molecule has 0 fully saturated rings. The SMILES string of the molecule is C=CCOc1ccccc1C=c1sc2nc(-c3ccccc3)nn2c1=O. The number of para-hydroxylation sites is 1. The van der Waals surface area contributed by atoms with Gasteiger partial charge in [0.15, 0.2) is 5.82 Å². The van der Waals surface area contributed by atoms with Gasteiger partial charge in [0.2, 0.25) is 4.96 Å². The molecule has 4 aromatic rings. The van der Waals surface area contributed by atoms with E-state index in [0.717, 1.165) is 11.1 Å². The van der Waals surface area contributed by atoms with Crippen molar-refractivity contribution >= 4 is 22.4 Å². The molecule has 0 atom stereocenters. The minimum Gasteiger partial charge on any atom is -0.489 e. The summed E-state index contributed by atoms with van der Waals surface area (Å²) in [6.45, 7) is 4.06. The molecule has 26 heavy (non-hydrogen) atoms. The summed E-state index contributed by atoms with van der Waals surface area (Å²) in [5, 5.41) is 4.36. The van der Waals surface area contributed by atoms with Crippen LogP contribution < -0.4 is 14.8 Å². The van der Waals surface area contributed by atoms with Crippen LogP contribution in [0, 0.1) is 0 Å². The Labute approximate surface area is 153 Å². The van der Waals surface area contributed by atoms with E-state index in [4.69, 9.17) is 4.74 Å². The first-order valence-electron chi connectivity index (χ1n) is 8.06. The van der Waals surface area contributed by atoms with Gasteiger partial charge in [0.25, 0.3) is 5.56 Å². The summed E-state index contributed by atoms with van der Waals surface area (Å²) < 4.78 is 7.56. The van der Waals surface area contributed by atoms with Gasteiger partial charge in [-0.1, -0.05) is 72.5 Å². The largest absolute Gasteiger partial charge is 0.489 e. The van der Waals surface area contributed by atoms with Crippen molar-refractivity contribution in [2.24, 2.45) is 0 Å². The number of hydrogen-bond donors (Lipinski definition) is 0. The Kier molecular flexibility index (Phi) is 4.33. The molecule has 0 bridgehead atoms. The van der Waals surface area contributed by atoms with E-state index in [9.17, 15) is 4.79 Å². The molecule has 0 aliphatic heterocycles. The normalized spacial score (nSPS) is 11.8. The monoisotopic (exact) mass is 361 g/mol. The van der Waals surface area contributed by atoms with Crippen LogP contribution in [0.5, 0.6) is 5.75 Å². The lowest BCUT2D eigenvalue weighted by molar-refractivity contribution is 0.362. The summed E-state index contributed by atoms with van der Waals surface area (Å²) in [5.74, 6) is 1.26. The van der Waals surface area contributed by atoms with Gasteiger partial charge in [-0.25, -0.2) is 0 Å². The summed E-state index contributed by atoms with van der Waals surface area (Å²) in [6, 6.07) is 17.2. The van der Waals surface area contributed by atoms with Gasteiger partial charge in [-0.2, -0.15) is 9.50 Å². The Hall–Kier alpha value is -3.25. The van der Waals surface area contributed by atoms with Gasteiger partial charge >= 0.3 is 0 Å². The van der Waals surface area contributed by atoms with Crippen LogP contribution in [-0.4, -0.2) is 21.2 Å². The third-order valence-corrected chi connectivity index (χ3v) is 4.74. The molecule has 5 nitrogen and oxygen atoms in total. The fourth-order valence-corrected chi connectivity index (χ4v) is 3.46. The average molecular weight is 361 g/mol. The van der Waals surface area contributed by atoms with Crippen molar-refractivity contribution in [2.45, 2.75) is 0 Å². The van der Waals surface area contributed by atoms with Crippen molar-refractivity contribution in [3.05, 3.63) is 87.7 Å². The third-order valence-electron chi connectivity index (χ3n) is 3.78. The summed E-state index contributed by atoms with van der Waals surface area (Å²) in [4.78, 5) is 17.7. The van der Waals surface area contributed by atoms with Crippen LogP contribution in [0.25, 0.3) is 22.4 Å². The van der Waals surface area contributed by atoms with Gasteiger partial charge in [0.05, 0.1) is 4.53 Å². The molecule has 128 valence electrons. The number of aromatic nitrogens is 3. The number of rotatable bonds is 5. The van der Waals surface area contributed by atoms with Crippen LogP contribution in [0.15, 0.2) is 72.0 Å². The van der Waals surface area contributed by atoms with Gasteiger partial charge in [-0.3, -0.25) is 4.79 Å². The quantitative estimate of drug-likeness (QED) is 0.513. The molecular formula is C20H15N3O2S. The summed E-state index contributed by atoms with van der Waals surface area (Å²) in [5.41, 5.74) is 1.54. The molecule has 0 aliphatic rings. The molecule has 2 aromatic heterocycles. The van der Waals surface area contributed by atoms with E-state index in [2.05, 4.69) is 16.7 Å². The molecule has 0 saturated heterocycles. The standard InChI is InChI=1S/C20H15N3O2S/c1-2-12-25-16-11-7-6-10-15(16)13-17-19(24)23-20(26-17)21-18(22-23)14-8-4-3-5-9-14/h2-11,13H,1,12H2. The predicted octanol–water partition coefficient (Wildman–Crippen LogP) is 2.93. The van der Waals surface area contributed by atoms with Crippen molar-refractivity contribution in [1.82, 2.24) is 14.6 Å². The summed E-state index contributed by atoms with van der Waals surface area (Å²) in [6.07, 6.45) is 3.49. The zero-order chi connectivity index (χ0) is 17.9. The first-order chi connectivity index (χ1) is 12.8. The van der Waals surface area contributed by atoms with Crippen molar-refractivity contribution in [3.8, 4) is 17.1 Å². The lowest BCUT2D eigenvalue weighted by Gasteiger charge is -2.05. The number of benzene rings is 2. The van der Waals surface area contributed by atoms with Crippen LogP contribution in [0.4, 0.5) is 0 Å². The van der Waals surface area contributed by atoms with E-state index in [0.29, 0.717) is 27.7 Å². The van der Waals surface area contributed by atoms with E-state index in [1.54, 1.807) is 6.08 Å². The first kappa shape index (κ1) is 16.2. The van der Waals surface area contributed by atoms with E-state index in [1.807, 2.05) is 60.7 Å². The average Bonchev–Trinajstić information content (AvgIpc) is 3.22. The maximum absolute atomic E-state index is 12.7. The minimum atomic E-state index is -0.182. The number of thiazole rings is 1. The molecule has 0 saturated carbocycles. The molecule has 0 unspecified atom stereocenters. The van der Waals surface area contributed by atoms with E-state index >= 15 is 0 Å². The van der Waals surface area contributed by atoms with Crippen LogP contribution in [0.2, 0.25) is 0 Å². The molecule has 2 aromatic carbocycles. The van der Waals surface area contributed by atoms with Gasteiger partial charge < -0.3 is 4.74 Å². The highest BCUT2D eigenvalue weighted by Crippen LogP contribution is 2.19. The minimum absolute atomic E-state index is 0.182. The second kappa shape index (κ2) is 6.93. The molecule has 4 rings (SSSR count). The van der Waals surface area contributed by atoms with Crippen LogP contribution >= 0.6 is 11.3 Å². The van der Waals surface area contributed by atoms with Crippen LogP contribution in [0.3, 0.4) is 0 Å². The number of hydrogen-bond acceptors (Lipinski definition) is 5.